The fraction of sp³-hybridized carbons (Fsp3) is 0.273. The summed E-state index contributed by atoms with van der Waals surface area (Å²) in [4.78, 5) is 16.5. The quantitative estimate of drug-likeness (QED) is 0.860. The van der Waals surface area contributed by atoms with Crippen molar-refractivity contribution >= 4 is 56.2 Å². The third-order valence-electron chi connectivity index (χ3n) is 2.54. The summed E-state index contributed by atoms with van der Waals surface area (Å²) in [5.74, 6) is -0.884. The highest BCUT2D eigenvalue weighted by molar-refractivity contribution is 9.10. The molecule has 0 aliphatic carbocycles. The number of aliphatic carboxylic acids is 1. The molecule has 0 fully saturated rings. The first-order valence-corrected chi connectivity index (χ1v) is 7.83. The molecular formula is C11H9BrClNO2S2. The van der Waals surface area contributed by atoms with Crippen molar-refractivity contribution in [3.63, 3.8) is 0 Å². The molecule has 96 valence electrons. The van der Waals surface area contributed by atoms with Crippen LogP contribution in [0, 0.1) is 0 Å². The van der Waals surface area contributed by atoms with Crippen molar-refractivity contribution in [2.75, 3.05) is 0 Å². The van der Waals surface area contributed by atoms with E-state index in [0.717, 1.165) is 14.4 Å². The van der Waals surface area contributed by atoms with Crippen LogP contribution in [0.25, 0.3) is 9.88 Å². The van der Waals surface area contributed by atoms with Gasteiger partial charge in [-0.1, -0.05) is 11.6 Å². The molecule has 0 spiro atoms. The number of carbonyl (C=O) groups is 1. The van der Waals surface area contributed by atoms with E-state index in [1.54, 1.807) is 19.2 Å². The first kappa shape index (κ1) is 14.0. The molecule has 1 N–H and O–H groups in total. The Morgan fingerprint density at radius 1 is 1.56 bits per heavy atom. The molecule has 0 atom stereocenters. The normalized spacial score (nSPS) is 11.8. The zero-order valence-electron chi connectivity index (χ0n) is 9.53. The molecule has 0 aliphatic rings. The van der Waals surface area contributed by atoms with Gasteiger partial charge < -0.3 is 5.11 Å². The fourth-order valence-electron chi connectivity index (χ4n) is 1.24. The van der Waals surface area contributed by atoms with Gasteiger partial charge in [0.15, 0.2) is 0 Å². The molecule has 0 aromatic carbocycles. The van der Waals surface area contributed by atoms with Crippen LogP contribution in [0.3, 0.4) is 0 Å². The molecule has 2 heterocycles. The Morgan fingerprint density at radius 2 is 2.22 bits per heavy atom. The summed E-state index contributed by atoms with van der Waals surface area (Å²) in [6.45, 7) is 3.29. The van der Waals surface area contributed by atoms with E-state index in [1.165, 1.54) is 22.7 Å². The minimum Gasteiger partial charge on any atom is -0.481 e. The molecule has 7 heteroatoms. The van der Waals surface area contributed by atoms with Crippen LogP contribution in [0.5, 0.6) is 0 Å². The second kappa shape index (κ2) is 4.92. The molecule has 0 saturated carbocycles. The number of nitrogens with zero attached hydrogens (tertiary/aromatic N) is 1. The Bertz CT molecular complexity index is 586. The molecule has 0 saturated heterocycles. The molecule has 2 rings (SSSR count). The van der Waals surface area contributed by atoms with Crippen LogP contribution >= 0.6 is 50.2 Å². The fourth-order valence-corrected chi connectivity index (χ4v) is 3.99. The van der Waals surface area contributed by atoms with Gasteiger partial charge in [0.05, 0.1) is 10.6 Å². The Morgan fingerprint density at radius 3 is 2.72 bits per heavy atom. The number of aromatic nitrogens is 1. The maximum absolute atomic E-state index is 11.2. The van der Waals surface area contributed by atoms with Crippen molar-refractivity contribution in [2.24, 2.45) is 0 Å². The van der Waals surface area contributed by atoms with Crippen molar-refractivity contribution < 1.29 is 9.90 Å². The van der Waals surface area contributed by atoms with Crippen LogP contribution in [-0.2, 0) is 10.2 Å². The molecule has 0 aliphatic heterocycles. The highest BCUT2D eigenvalue weighted by Crippen LogP contribution is 2.40. The van der Waals surface area contributed by atoms with Crippen LogP contribution in [0.4, 0.5) is 0 Å². The summed E-state index contributed by atoms with van der Waals surface area (Å²) < 4.78 is 1.50. The molecule has 2 aromatic heterocycles. The van der Waals surface area contributed by atoms with E-state index in [1.807, 2.05) is 6.07 Å². The predicted octanol–water partition coefficient (Wildman–Crippen LogP) is 4.65. The number of hydrogen-bond acceptors (Lipinski definition) is 4. The van der Waals surface area contributed by atoms with E-state index in [9.17, 15) is 4.79 Å². The average Bonchev–Trinajstić information content (AvgIpc) is 2.86. The van der Waals surface area contributed by atoms with Gasteiger partial charge >= 0.3 is 5.97 Å². The van der Waals surface area contributed by atoms with E-state index in [0.29, 0.717) is 10.0 Å². The summed E-state index contributed by atoms with van der Waals surface area (Å²) in [6, 6.07) is 1.89. The Labute approximate surface area is 126 Å². The average molecular weight is 367 g/mol. The highest BCUT2D eigenvalue weighted by Gasteiger charge is 2.32. The molecule has 0 bridgehead atoms. The second-order valence-corrected chi connectivity index (χ2v) is 7.57. The summed E-state index contributed by atoms with van der Waals surface area (Å²) in [5.41, 5.74) is -0.414. The van der Waals surface area contributed by atoms with Crippen molar-refractivity contribution in [1.82, 2.24) is 4.98 Å². The van der Waals surface area contributed by atoms with Crippen LogP contribution in [-0.4, -0.2) is 16.1 Å². The number of thiophene rings is 1. The van der Waals surface area contributed by atoms with Gasteiger partial charge in [0, 0.05) is 9.85 Å². The maximum atomic E-state index is 11.2. The van der Waals surface area contributed by atoms with Gasteiger partial charge in [-0.05, 0) is 35.8 Å². The van der Waals surface area contributed by atoms with E-state index in [-0.39, 0.29) is 0 Å². The predicted molar refractivity (Wildman–Crippen MR) is 78.8 cm³/mol. The summed E-state index contributed by atoms with van der Waals surface area (Å²) in [6.07, 6.45) is 0. The monoisotopic (exact) mass is 365 g/mol. The number of hydrogen-bond donors (Lipinski definition) is 1. The number of carboxylic acids is 1. The van der Waals surface area contributed by atoms with Gasteiger partial charge in [-0.2, -0.15) is 0 Å². The molecule has 3 nitrogen and oxygen atoms in total. The first-order valence-electron chi connectivity index (χ1n) is 4.97. The molecule has 0 unspecified atom stereocenters. The zero-order chi connectivity index (χ0) is 13.5. The van der Waals surface area contributed by atoms with Crippen molar-refractivity contribution in [2.45, 2.75) is 19.3 Å². The molecule has 2 aromatic rings. The minimum atomic E-state index is -0.979. The Kier molecular flexibility index (Phi) is 3.82. The third kappa shape index (κ3) is 2.47. The number of thiazole rings is 1. The third-order valence-corrected chi connectivity index (χ3v) is 6.02. The van der Waals surface area contributed by atoms with Crippen LogP contribution in [0.15, 0.2) is 15.9 Å². The van der Waals surface area contributed by atoms with Crippen LogP contribution in [0.1, 0.15) is 19.5 Å². The lowest BCUT2D eigenvalue weighted by Crippen LogP contribution is -2.28. The van der Waals surface area contributed by atoms with Gasteiger partial charge in [-0.3, -0.25) is 4.79 Å². The Balaban J connectivity index is 2.39. The number of halogens is 2. The lowest BCUT2D eigenvalue weighted by Gasteiger charge is -2.15. The van der Waals surface area contributed by atoms with E-state index >= 15 is 0 Å². The number of carboxylic acid groups (broad SMARTS) is 1. The van der Waals surface area contributed by atoms with Crippen molar-refractivity contribution in [3.8, 4) is 9.88 Å². The van der Waals surface area contributed by atoms with Gasteiger partial charge in [0.25, 0.3) is 0 Å². The van der Waals surface area contributed by atoms with Crippen LogP contribution < -0.4 is 0 Å². The molecule has 0 amide bonds. The molecule has 18 heavy (non-hydrogen) atoms. The summed E-state index contributed by atoms with van der Waals surface area (Å²) >= 11 is 12.2. The largest absolute Gasteiger partial charge is 0.481 e. The minimum absolute atomic E-state index is 0.565. The van der Waals surface area contributed by atoms with Gasteiger partial charge in [0.1, 0.15) is 14.8 Å². The smallest absolute Gasteiger partial charge is 0.315 e. The van der Waals surface area contributed by atoms with Gasteiger partial charge in [-0.25, -0.2) is 4.98 Å². The van der Waals surface area contributed by atoms with Crippen LogP contribution in [0.2, 0.25) is 4.34 Å². The molecular weight excluding hydrogens is 358 g/mol. The lowest BCUT2D eigenvalue weighted by molar-refractivity contribution is -0.142. The summed E-state index contributed by atoms with van der Waals surface area (Å²) in [5, 5.41) is 11.7. The first-order chi connectivity index (χ1) is 8.32. The lowest BCUT2D eigenvalue weighted by atomic mass is 9.90. The topological polar surface area (TPSA) is 50.2 Å². The van der Waals surface area contributed by atoms with Gasteiger partial charge in [-0.15, -0.1) is 22.7 Å². The standard InChI is InChI=1S/C11H9BrClNO2S2/c1-11(2,10(15)16)7-4-17-9(14-7)6-3-5(12)8(13)18-6/h3-4H,1-2H3,(H,15,16). The Hall–Kier alpha value is -0.430. The van der Waals surface area contributed by atoms with Crippen molar-refractivity contribution in [3.05, 3.63) is 25.9 Å². The molecule has 0 radical (unpaired) electrons. The maximum Gasteiger partial charge on any atom is 0.315 e. The zero-order valence-corrected chi connectivity index (χ0v) is 13.5. The van der Waals surface area contributed by atoms with E-state index < -0.39 is 11.4 Å². The highest BCUT2D eigenvalue weighted by atomic mass is 79.9. The summed E-state index contributed by atoms with van der Waals surface area (Å²) in [7, 11) is 0. The van der Waals surface area contributed by atoms with E-state index in [2.05, 4.69) is 20.9 Å². The number of rotatable bonds is 3. The second-order valence-electron chi connectivity index (χ2n) is 4.20. The SMILES string of the molecule is CC(C)(C(=O)O)c1csc(-c2cc(Br)c(Cl)s2)n1. The van der Waals surface area contributed by atoms with Crippen molar-refractivity contribution in [1.29, 1.82) is 0 Å². The van der Waals surface area contributed by atoms with E-state index in [4.69, 9.17) is 16.7 Å². The van der Waals surface area contributed by atoms with Gasteiger partial charge in [0.2, 0.25) is 0 Å².